The molecule has 0 radical (unpaired) electrons. The average Bonchev–Trinajstić information content (AvgIpc) is 3.16. The van der Waals surface area contributed by atoms with E-state index in [2.05, 4.69) is 15.0 Å². The Kier molecular flexibility index (Phi) is 6.61. The summed E-state index contributed by atoms with van der Waals surface area (Å²) in [5, 5.41) is 1.88. The minimum Gasteiger partial charge on any atom is -0.404 e. The molecule has 1 amide bonds. The summed E-state index contributed by atoms with van der Waals surface area (Å²) in [6, 6.07) is 7.08. The molecule has 0 unspecified atom stereocenters. The minimum atomic E-state index is -4.94. The lowest BCUT2D eigenvalue weighted by Gasteiger charge is -2.14. The third-order valence-corrected chi connectivity index (χ3v) is 4.62. The van der Waals surface area contributed by atoms with Gasteiger partial charge in [0.25, 0.3) is 5.91 Å². The first kappa shape index (κ1) is 23.7. The van der Waals surface area contributed by atoms with Gasteiger partial charge in [0, 0.05) is 18.9 Å². The monoisotopic (exact) mass is 497 g/mol. The van der Waals surface area contributed by atoms with Crippen molar-refractivity contribution < 1.29 is 35.9 Å². The van der Waals surface area contributed by atoms with Crippen molar-refractivity contribution in [3.63, 3.8) is 0 Å². The van der Waals surface area contributed by atoms with E-state index in [-0.39, 0.29) is 33.7 Å². The van der Waals surface area contributed by atoms with Crippen molar-refractivity contribution >= 4 is 29.1 Å². The minimum absolute atomic E-state index is 0.0140. The van der Waals surface area contributed by atoms with Gasteiger partial charge in [-0.15, -0.1) is 13.2 Å². The molecular weight excluding hydrogens is 487 g/mol. The van der Waals surface area contributed by atoms with Crippen LogP contribution in [-0.4, -0.2) is 21.8 Å². The molecule has 13 heteroatoms. The number of hydrogen-bond donors (Lipinski definition) is 1. The van der Waals surface area contributed by atoms with E-state index >= 15 is 0 Å². The molecule has 32 heavy (non-hydrogen) atoms. The van der Waals surface area contributed by atoms with Gasteiger partial charge in [-0.05, 0) is 35.9 Å². The fraction of sp³-hybridized carbons (Fsp3) is 0.158. The van der Waals surface area contributed by atoms with Crippen molar-refractivity contribution in [1.82, 2.24) is 14.9 Å². The van der Waals surface area contributed by atoms with Crippen LogP contribution in [0.1, 0.15) is 21.6 Å². The van der Waals surface area contributed by atoms with Gasteiger partial charge in [0.2, 0.25) is 0 Å². The molecule has 3 aromatic rings. The Balaban J connectivity index is 1.78. The third kappa shape index (κ3) is 5.65. The Morgan fingerprint density at radius 3 is 2.41 bits per heavy atom. The van der Waals surface area contributed by atoms with E-state index in [1.54, 1.807) is 0 Å². The van der Waals surface area contributed by atoms with E-state index in [0.717, 1.165) is 6.07 Å². The fourth-order valence-electron chi connectivity index (χ4n) is 2.65. The van der Waals surface area contributed by atoms with Gasteiger partial charge in [0.1, 0.15) is 11.4 Å². The molecule has 0 saturated carbocycles. The standard InChI is InChI=1S/C19H11Cl2F6N3O2/c20-12-4-3-10(6-15(12)32-19(25,26)27)8-29-17(31)14-2-1-5-30(14)16-13(21)7-11(9-28-16)18(22,23)24/h1-7,9H,8H2,(H,29,31). The second-order valence-corrected chi connectivity index (χ2v) is 7.10. The predicted molar refractivity (Wildman–Crippen MR) is 103 cm³/mol. The largest absolute Gasteiger partial charge is 0.573 e. The molecule has 2 aromatic heterocycles. The number of carbonyl (C=O) groups is 1. The van der Waals surface area contributed by atoms with Gasteiger partial charge in [-0.2, -0.15) is 13.2 Å². The molecule has 0 saturated heterocycles. The van der Waals surface area contributed by atoms with Crippen molar-refractivity contribution in [3.8, 4) is 11.6 Å². The number of amides is 1. The van der Waals surface area contributed by atoms with Gasteiger partial charge in [-0.25, -0.2) is 4.98 Å². The molecule has 0 aliphatic heterocycles. The van der Waals surface area contributed by atoms with Crippen molar-refractivity contribution in [2.75, 3.05) is 0 Å². The van der Waals surface area contributed by atoms with Gasteiger partial charge < -0.3 is 10.1 Å². The number of hydrogen-bond acceptors (Lipinski definition) is 3. The summed E-state index contributed by atoms with van der Waals surface area (Å²) in [6.45, 7) is -0.191. The second kappa shape index (κ2) is 8.91. The summed E-state index contributed by atoms with van der Waals surface area (Å²) in [7, 11) is 0. The molecule has 0 fully saturated rings. The zero-order valence-corrected chi connectivity index (χ0v) is 17.1. The molecule has 3 rings (SSSR count). The summed E-state index contributed by atoms with van der Waals surface area (Å²) >= 11 is 11.6. The van der Waals surface area contributed by atoms with Crippen molar-refractivity contribution in [2.24, 2.45) is 0 Å². The number of rotatable bonds is 5. The fourth-order valence-corrected chi connectivity index (χ4v) is 3.06. The number of alkyl halides is 6. The molecule has 1 N–H and O–H groups in total. The molecule has 0 bridgehead atoms. The quantitative estimate of drug-likeness (QED) is 0.438. The lowest BCUT2D eigenvalue weighted by molar-refractivity contribution is -0.274. The van der Waals surface area contributed by atoms with Crippen LogP contribution in [0.15, 0.2) is 48.8 Å². The summed E-state index contributed by atoms with van der Waals surface area (Å²) in [5.74, 6) is -1.42. The maximum atomic E-state index is 12.8. The second-order valence-electron chi connectivity index (χ2n) is 6.29. The molecule has 5 nitrogen and oxygen atoms in total. The average molecular weight is 498 g/mol. The van der Waals surface area contributed by atoms with E-state index in [1.807, 2.05) is 0 Å². The van der Waals surface area contributed by atoms with Gasteiger partial charge in [0.05, 0.1) is 15.6 Å². The number of pyridine rings is 1. The predicted octanol–water partition coefficient (Wildman–Crippen LogP) is 6.03. The summed E-state index contributed by atoms with van der Waals surface area (Å²) in [4.78, 5) is 16.3. The number of nitrogens with zero attached hydrogens (tertiary/aromatic N) is 2. The molecule has 2 heterocycles. The van der Waals surface area contributed by atoms with E-state index in [4.69, 9.17) is 23.2 Å². The van der Waals surface area contributed by atoms with Gasteiger partial charge in [-0.1, -0.05) is 29.3 Å². The van der Waals surface area contributed by atoms with Gasteiger partial charge in [0.15, 0.2) is 5.82 Å². The summed E-state index contributed by atoms with van der Waals surface area (Å²) < 4.78 is 80.8. The van der Waals surface area contributed by atoms with Crippen LogP contribution in [0.2, 0.25) is 10.0 Å². The van der Waals surface area contributed by atoms with E-state index in [1.165, 1.54) is 35.0 Å². The maximum Gasteiger partial charge on any atom is 0.573 e. The van der Waals surface area contributed by atoms with Gasteiger partial charge >= 0.3 is 12.5 Å². The van der Waals surface area contributed by atoms with Crippen molar-refractivity contribution in [3.05, 3.63) is 75.7 Å². The Morgan fingerprint density at radius 2 is 1.78 bits per heavy atom. The van der Waals surface area contributed by atoms with Crippen LogP contribution >= 0.6 is 23.2 Å². The zero-order chi connectivity index (χ0) is 23.7. The molecule has 0 spiro atoms. The SMILES string of the molecule is O=C(NCc1ccc(Cl)c(OC(F)(F)F)c1)c1cccn1-c1ncc(C(F)(F)F)cc1Cl. The Morgan fingerprint density at radius 1 is 1.06 bits per heavy atom. The highest BCUT2D eigenvalue weighted by Crippen LogP contribution is 2.33. The molecule has 1 aromatic carbocycles. The smallest absolute Gasteiger partial charge is 0.404 e. The van der Waals surface area contributed by atoms with Crippen LogP contribution < -0.4 is 10.1 Å². The lowest BCUT2D eigenvalue weighted by Crippen LogP contribution is -2.25. The third-order valence-electron chi connectivity index (χ3n) is 4.03. The van der Waals surface area contributed by atoms with Crippen LogP contribution in [0.5, 0.6) is 5.75 Å². The zero-order valence-electron chi connectivity index (χ0n) is 15.6. The van der Waals surface area contributed by atoms with E-state index in [0.29, 0.717) is 12.3 Å². The van der Waals surface area contributed by atoms with Crippen LogP contribution in [-0.2, 0) is 12.7 Å². The van der Waals surface area contributed by atoms with Crippen molar-refractivity contribution in [1.29, 1.82) is 0 Å². The summed E-state index contributed by atoms with van der Waals surface area (Å²) in [6.07, 6.45) is -7.63. The van der Waals surface area contributed by atoms with E-state index < -0.39 is 29.8 Å². The highest BCUT2D eigenvalue weighted by Gasteiger charge is 2.33. The molecule has 0 atom stereocenters. The molecule has 170 valence electrons. The first-order chi connectivity index (χ1) is 14.8. The first-order valence-electron chi connectivity index (χ1n) is 8.58. The number of aromatic nitrogens is 2. The molecule has 0 aliphatic carbocycles. The normalized spacial score (nSPS) is 12.0. The Labute approximate surface area is 186 Å². The number of halogens is 8. The topological polar surface area (TPSA) is 56.1 Å². The Hall–Kier alpha value is -2.92. The number of ether oxygens (including phenoxy) is 1. The van der Waals surface area contributed by atoms with Gasteiger partial charge in [-0.3, -0.25) is 9.36 Å². The Bertz CT molecular complexity index is 1140. The lowest BCUT2D eigenvalue weighted by atomic mass is 10.2. The summed E-state index contributed by atoms with van der Waals surface area (Å²) in [5.41, 5.74) is -0.810. The van der Waals surface area contributed by atoms with Crippen LogP contribution in [0.3, 0.4) is 0 Å². The van der Waals surface area contributed by atoms with E-state index in [9.17, 15) is 31.1 Å². The number of benzene rings is 1. The van der Waals surface area contributed by atoms with Crippen molar-refractivity contribution in [2.45, 2.75) is 19.1 Å². The number of carbonyl (C=O) groups excluding carboxylic acids is 1. The van der Waals surface area contributed by atoms with Crippen LogP contribution in [0.25, 0.3) is 5.82 Å². The molecular formula is C19H11Cl2F6N3O2. The number of nitrogens with one attached hydrogen (secondary N) is 1. The van der Waals surface area contributed by atoms with Crippen LogP contribution in [0, 0.1) is 0 Å². The highest BCUT2D eigenvalue weighted by atomic mass is 35.5. The highest BCUT2D eigenvalue weighted by molar-refractivity contribution is 6.32. The first-order valence-corrected chi connectivity index (χ1v) is 9.33. The van der Waals surface area contributed by atoms with Crippen LogP contribution in [0.4, 0.5) is 26.3 Å². The maximum absolute atomic E-state index is 12.8. The molecule has 0 aliphatic rings.